The van der Waals surface area contributed by atoms with Crippen molar-refractivity contribution < 1.29 is 57.7 Å². The van der Waals surface area contributed by atoms with Crippen LogP contribution in [0.15, 0.2) is 128 Å². The number of aromatic nitrogens is 3. The van der Waals surface area contributed by atoms with Gasteiger partial charge in [-0.15, -0.1) is 0 Å². The standard InChI is InChI=1S/2C30H43N3O3.C29H38FN3O5/c2*1-21(2)36-23(4)27-12-5-6-13-28(27)29(22(3)34)33-18-16-26(20-33)35-19-8-7-11-25-15-14-24-10-9-17-31-30(24)32-25;30-26-8-3-7-24(25(26)19-38-23-12-16-36-18-23)27(29(34)35)33-14-11-22(17-33)37-15-2-1-6-21-10-9-20-5-4-13-31-28(20)32-21/h2*5-6,12-15,21,23,26,29,34H,3,7-11,16-20H2,1-2,4H3,(H,31,32);3,7-10,22-23,27H,1-2,4-6,11-19H2,(H,31,32)(H,34,35)/t23-,26+,29-;23-,26-,29-;22-,23-,27?/m011/s1. The van der Waals surface area contributed by atoms with Gasteiger partial charge in [0.2, 0.25) is 0 Å². The first kappa shape index (κ1) is 83.5. The molecule has 1 unspecified atom stereocenters. The van der Waals surface area contributed by atoms with Crippen LogP contribution in [0.5, 0.6) is 0 Å². The average molecular weight is 1520 g/mol. The van der Waals surface area contributed by atoms with E-state index in [4.69, 9.17) is 48.1 Å². The third-order valence-corrected chi connectivity index (χ3v) is 22.1. The van der Waals surface area contributed by atoms with E-state index in [1.165, 1.54) is 35.6 Å². The van der Waals surface area contributed by atoms with E-state index in [1.807, 2.05) is 56.9 Å². The number of aryl methyl sites for hydroxylation is 6. The lowest BCUT2D eigenvalue weighted by atomic mass is 9.95. The number of ether oxygens (including phenoxy) is 7. The highest BCUT2D eigenvalue weighted by molar-refractivity contribution is 5.76. The van der Waals surface area contributed by atoms with Gasteiger partial charge in [-0.25, -0.2) is 19.3 Å². The molecule has 6 N–H and O–H groups in total. The number of aliphatic carboxylic acids is 1. The van der Waals surface area contributed by atoms with Crippen LogP contribution in [-0.2, 0) is 83.1 Å². The van der Waals surface area contributed by atoms with Gasteiger partial charge in [-0.3, -0.25) is 19.5 Å². The van der Waals surface area contributed by atoms with E-state index in [0.717, 1.165) is 225 Å². The number of nitrogens with zero attached hydrogens (tertiary/aromatic N) is 6. The molecule has 0 amide bonds. The Morgan fingerprint density at radius 2 is 0.882 bits per heavy atom. The maximum atomic E-state index is 14.8. The van der Waals surface area contributed by atoms with Crippen molar-refractivity contribution in [2.75, 3.05) is 108 Å². The van der Waals surface area contributed by atoms with E-state index in [2.05, 4.69) is 113 Å². The van der Waals surface area contributed by atoms with Crippen LogP contribution in [0.2, 0.25) is 0 Å². The molecule has 7 aliphatic heterocycles. The fourth-order valence-electron chi connectivity index (χ4n) is 16.6. The highest BCUT2D eigenvalue weighted by Crippen LogP contribution is 2.39. The molecule has 0 saturated carbocycles. The number of aliphatic hydroxyl groups excluding tert-OH is 2. The number of fused-ring (bicyclic) bond motifs is 3. The zero-order chi connectivity index (χ0) is 77.3. The number of hydrogen-bond donors (Lipinski definition) is 6. The topological polar surface area (TPSA) is 227 Å². The van der Waals surface area contributed by atoms with Crippen molar-refractivity contribution >= 4 is 23.4 Å². The minimum absolute atomic E-state index is 0.0305. The molecule has 6 aromatic rings. The summed E-state index contributed by atoms with van der Waals surface area (Å²) in [5, 5.41) is 41.5. The summed E-state index contributed by atoms with van der Waals surface area (Å²) in [5.74, 6) is 2.10. The van der Waals surface area contributed by atoms with Crippen LogP contribution in [0, 0.1) is 5.82 Å². The molecule has 10 heterocycles. The smallest absolute Gasteiger partial charge is 0.325 e. The molecule has 7 aliphatic rings. The molecule has 0 bridgehead atoms. The van der Waals surface area contributed by atoms with E-state index in [0.29, 0.717) is 44.0 Å². The SMILES string of the molecule is C=C(O)[C@@H](c1ccccc1[C@H](C)OC(C)C)N1CC[C@@H](OCCCCc2ccc3c(n2)NCCC3)C1.C=C(O)[C@H](c1ccccc1[C@@H](C)OC(C)C)N1CC[C@@H](OCCCCc2ccc3c(n2)NCCC3)C1.O=C(O)C(c1cccc(F)c1CO[C@@H]1CCOC1)N1CC[C@@H](OCCCCc2ccc3c(n2)NCCC3)C1. The van der Waals surface area contributed by atoms with Gasteiger partial charge in [0.05, 0.1) is 74.1 Å². The first-order chi connectivity index (χ1) is 53.4. The minimum atomic E-state index is -0.992. The van der Waals surface area contributed by atoms with Crippen molar-refractivity contribution in [3.63, 3.8) is 0 Å². The first-order valence-corrected chi connectivity index (χ1v) is 41.1. The van der Waals surface area contributed by atoms with E-state index >= 15 is 0 Å². The molecule has 4 saturated heterocycles. The number of rotatable bonds is 36. The molecule has 0 radical (unpaired) electrons. The van der Waals surface area contributed by atoms with Crippen LogP contribution >= 0.6 is 0 Å². The van der Waals surface area contributed by atoms with E-state index in [9.17, 15) is 24.5 Å². The summed E-state index contributed by atoms with van der Waals surface area (Å²) in [6.07, 6.45) is 19.7. The number of carbonyl (C=O) groups is 1. The van der Waals surface area contributed by atoms with Crippen molar-refractivity contribution in [1.29, 1.82) is 0 Å². The number of anilines is 3. The molecule has 13 rings (SSSR count). The van der Waals surface area contributed by atoms with E-state index < -0.39 is 17.8 Å². The van der Waals surface area contributed by atoms with Crippen molar-refractivity contribution in [3.05, 3.63) is 201 Å². The lowest BCUT2D eigenvalue weighted by Gasteiger charge is -2.30. The number of hydrogen-bond acceptors (Lipinski definition) is 19. The normalized spacial score (nSPS) is 20.5. The predicted molar refractivity (Wildman–Crippen MR) is 432 cm³/mol. The summed E-state index contributed by atoms with van der Waals surface area (Å²) in [5.41, 5.74) is 12.5. The molecular weight excluding hydrogens is 1390 g/mol. The first-order valence-electron chi connectivity index (χ1n) is 41.1. The third-order valence-electron chi connectivity index (χ3n) is 22.1. The molecule has 21 heteroatoms. The molecule has 3 aromatic carbocycles. The number of carboxylic acids is 1. The maximum Gasteiger partial charge on any atom is 0.325 e. The van der Waals surface area contributed by atoms with Crippen molar-refractivity contribution in [2.24, 2.45) is 0 Å². The van der Waals surface area contributed by atoms with Gasteiger partial charge < -0.3 is 64.4 Å². The van der Waals surface area contributed by atoms with E-state index in [1.54, 1.807) is 12.1 Å². The number of likely N-dealkylation sites (tertiary alicyclic amines) is 3. The fourth-order valence-corrected chi connectivity index (χ4v) is 16.6. The molecule has 0 aliphatic carbocycles. The Hall–Kier alpha value is -7.41. The zero-order valence-corrected chi connectivity index (χ0v) is 66.3. The highest BCUT2D eigenvalue weighted by Gasteiger charge is 2.38. The summed E-state index contributed by atoms with van der Waals surface area (Å²) < 4.78 is 56.7. The summed E-state index contributed by atoms with van der Waals surface area (Å²) in [6, 6.07) is 32.8. The monoisotopic (exact) mass is 1510 g/mol. The Bertz CT molecular complexity index is 3730. The van der Waals surface area contributed by atoms with Crippen molar-refractivity contribution in [3.8, 4) is 0 Å². The molecule has 110 heavy (non-hydrogen) atoms. The van der Waals surface area contributed by atoms with Gasteiger partial charge in [-0.2, -0.15) is 0 Å². The average Bonchev–Trinajstić information content (AvgIpc) is 1.43. The second-order valence-corrected chi connectivity index (χ2v) is 31.3. The van der Waals surface area contributed by atoms with Gasteiger partial charge in [-0.1, -0.05) is 92.0 Å². The quantitative estimate of drug-likeness (QED) is 0.0159. The largest absolute Gasteiger partial charge is 0.511 e. The number of aliphatic hydroxyl groups is 2. The molecular formula is C89H124FN9O11. The Kier molecular flexibility index (Phi) is 32.2. The maximum absolute atomic E-state index is 14.8. The number of carboxylic acid groups (broad SMARTS) is 1. The number of benzene rings is 3. The van der Waals surface area contributed by atoms with Gasteiger partial charge in [0.25, 0.3) is 0 Å². The van der Waals surface area contributed by atoms with Crippen molar-refractivity contribution in [2.45, 2.75) is 237 Å². The number of nitrogens with one attached hydrogen (secondary N) is 3. The van der Waals surface area contributed by atoms with Gasteiger partial charge >= 0.3 is 5.97 Å². The van der Waals surface area contributed by atoms with Gasteiger partial charge in [-0.05, 0) is 232 Å². The summed E-state index contributed by atoms with van der Waals surface area (Å²) in [7, 11) is 0. The Balaban J connectivity index is 0.000000164. The number of halogens is 1. The highest BCUT2D eigenvalue weighted by atomic mass is 19.1. The molecule has 3 aromatic heterocycles. The van der Waals surface area contributed by atoms with E-state index in [-0.39, 0.29) is 79.0 Å². The summed E-state index contributed by atoms with van der Waals surface area (Å²) in [6.45, 7) is 30.9. The second kappa shape index (κ2) is 42.5. The third kappa shape index (κ3) is 24.1. The van der Waals surface area contributed by atoms with Gasteiger partial charge in [0.15, 0.2) is 0 Å². The van der Waals surface area contributed by atoms with Crippen LogP contribution in [-0.4, -0.2) is 180 Å². The van der Waals surface area contributed by atoms with Gasteiger partial charge in [0, 0.05) is 108 Å². The molecule has 9 atom stereocenters. The zero-order valence-electron chi connectivity index (χ0n) is 66.3. The predicted octanol–water partition coefficient (Wildman–Crippen LogP) is 16.4. The Morgan fingerprint density at radius 1 is 0.491 bits per heavy atom. The molecule has 20 nitrogen and oxygen atoms in total. The number of pyridine rings is 3. The lowest BCUT2D eigenvalue weighted by Crippen LogP contribution is -2.34. The fraction of sp³-hybridized carbons (Fsp3) is 0.573. The lowest BCUT2D eigenvalue weighted by molar-refractivity contribution is -0.143. The van der Waals surface area contributed by atoms with Crippen LogP contribution in [0.4, 0.5) is 21.8 Å². The van der Waals surface area contributed by atoms with Crippen LogP contribution in [0.25, 0.3) is 0 Å². The van der Waals surface area contributed by atoms with Crippen molar-refractivity contribution in [1.82, 2.24) is 29.7 Å². The van der Waals surface area contributed by atoms with Crippen LogP contribution in [0.3, 0.4) is 0 Å². The molecule has 0 spiro atoms. The number of unbranched alkanes of at least 4 members (excludes halogenated alkanes) is 3. The molecule has 598 valence electrons. The Labute approximate surface area is 653 Å². The molecule has 4 fully saturated rings. The Morgan fingerprint density at radius 3 is 1.25 bits per heavy atom. The second-order valence-electron chi connectivity index (χ2n) is 31.3. The van der Waals surface area contributed by atoms with Crippen LogP contribution in [0.1, 0.15) is 222 Å². The summed E-state index contributed by atoms with van der Waals surface area (Å²) in [4.78, 5) is 33.2. The minimum Gasteiger partial charge on any atom is -0.511 e. The van der Waals surface area contributed by atoms with Crippen LogP contribution < -0.4 is 16.0 Å². The van der Waals surface area contributed by atoms with Gasteiger partial charge in [0.1, 0.15) is 40.8 Å². The summed E-state index contributed by atoms with van der Waals surface area (Å²) >= 11 is 0.